The molecule has 1 saturated heterocycles. The van der Waals surface area contributed by atoms with Crippen molar-refractivity contribution in [2.24, 2.45) is 5.92 Å². The highest BCUT2D eigenvalue weighted by Gasteiger charge is 2.34. The molecular formula is C17H22IN5O4. The van der Waals surface area contributed by atoms with Gasteiger partial charge in [0.15, 0.2) is 6.29 Å². The average Bonchev–Trinajstić information content (AvgIpc) is 3.00. The molecule has 0 atom stereocenters. The molecule has 2 aromatic rings. The molecule has 1 aliphatic carbocycles. The summed E-state index contributed by atoms with van der Waals surface area (Å²) in [4.78, 5) is 19.2. The first kappa shape index (κ1) is 18.7. The van der Waals surface area contributed by atoms with Crippen molar-refractivity contribution in [3.63, 3.8) is 0 Å². The molecule has 4 N–H and O–H groups in total. The third-order valence-corrected chi connectivity index (χ3v) is 6.18. The van der Waals surface area contributed by atoms with Gasteiger partial charge in [-0.15, -0.1) is 0 Å². The first-order valence-corrected chi connectivity index (χ1v) is 10.1. The van der Waals surface area contributed by atoms with Crippen LogP contribution in [0.2, 0.25) is 0 Å². The number of carboxylic acid groups (broad SMARTS) is 1. The highest BCUT2D eigenvalue weighted by molar-refractivity contribution is 14.1. The van der Waals surface area contributed by atoms with Gasteiger partial charge in [0.05, 0.1) is 24.6 Å². The van der Waals surface area contributed by atoms with E-state index in [4.69, 9.17) is 20.3 Å². The molecule has 146 valence electrons. The maximum absolute atomic E-state index is 10.7. The van der Waals surface area contributed by atoms with Crippen LogP contribution in [-0.4, -0.2) is 51.3 Å². The van der Waals surface area contributed by atoms with Crippen molar-refractivity contribution >= 4 is 45.5 Å². The second-order valence-electron chi connectivity index (χ2n) is 7.09. The van der Waals surface area contributed by atoms with Crippen LogP contribution in [0.3, 0.4) is 0 Å². The van der Waals surface area contributed by atoms with Crippen LogP contribution in [0.25, 0.3) is 11.0 Å². The number of aromatic nitrogens is 3. The number of nitrogens with two attached hydrogens (primary N) is 1. The first-order valence-electron chi connectivity index (χ1n) is 9.02. The molecule has 0 bridgehead atoms. The minimum atomic E-state index is -1.05. The molecule has 1 saturated carbocycles. The van der Waals surface area contributed by atoms with Gasteiger partial charge in [0.1, 0.15) is 17.8 Å². The normalized spacial score (nSPS) is 28.9. The van der Waals surface area contributed by atoms with Gasteiger partial charge >= 0.3 is 6.09 Å². The Kier molecular flexibility index (Phi) is 5.37. The Hall–Kier alpha value is -1.66. The van der Waals surface area contributed by atoms with E-state index in [2.05, 4.69) is 48.6 Å². The summed E-state index contributed by atoms with van der Waals surface area (Å²) in [5.74, 6) is 0.845. The Morgan fingerprint density at radius 1 is 1.26 bits per heavy atom. The van der Waals surface area contributed by atoms with E-state index in [-0.39, 0.29) is 12.3 Å². The number of nitrogen functional groups attached to an aromatic ring is 1. The van der Waals surface area contributed by atoms with Crippen LogP contribution in [-0.2, 0) is 9.47 Å². The van der Waals surface area contributed by atoms with Gasteiger partial charge in [0.2, 0.25) is 0 Å². The van der Waals surface area contributed by atoms with Crippen LogP contribution < -0.4 is 11.1 Å². The van der Waals surface area contributed by atoms with Gasteiger partial charge in [-0.2, -0.15) is 0 Å². The van der Waals surface area contributed by atoms with Crippen molar-refractivity contribution < 1.29 is 19.4 Å². The summed E-state index contributed by atoms with van der Waals surface area (Å²) in [5, 5.41) is 12.1. The molecule has 0 aromatic carbocycles. The SMILES string of the molecule is Nc1ncnc2c1c(I)cn2[C@H]1CC[C@H](C2OCC(NC(=O)O)CO2)CC1. The summed E-state index contributed by atoms with van der Waals surface area (Å²) in [7, 11) is 0. The predicted octanol–water partition coefficient (Wildman–Crippen LogP) is 2.36. The third-order valence-electron chi connectivity index (χ3n) is 5.36. The molecule has 2 fully saturated rings. The first-order chi connectivity index (χ1) is 13.0. The van der Waals surface area contributed by atoms with Crippen molar-refractivity contribution in [3.05, 3.63) is 16.1 Å². The summed E-state index contributed by atoms with van der Waals surface area (Å²) in [6.07, 6.45) is 6.31. The molecule has 2 aromatic heterocycles. The maximum Gasteiger partial charge on any atom is 0.405 e. The smallest absolute Gasteiger partial charge is 0.405 e. The Labute approximate surface area is 169 Å². The number of fused-ring (bicyclic) bond motifs is 1. The van der Waals surface area contributed by atoms with E-state index in [9.17, 15) is 4.79 Å². The number of hydrogen-bond acceptors (Lipinski definition) is 6. The maximum atomic E-state index is 10.7. The number of nitrogens with one attached hydrogen (secondary N) is 1. The monoisotopic (exact) mass is 487 g/mol. The summed E-state index contributed by atoms with van der Waals surface area (Å²) in [6.45, 7) is 0.709. The fourth-order valence-corrected chi connectivity index (χ4v) is 4.86. The molecule has 0 radical (unpaired) electrons. The van der Waals surface area contributed by atoms with Crippen molar-refractivity contribution in [2.75, 3.05) is 18.9 Å². The van der Waals surface area contributed by atoms with Gasteiger partial charge in [-0.1, -0.05) is 0 Å². The molecule has 0 spiro atoms. The van der Waals surface area contributed by atoms with Crippen LogP contribution >= 0.6 is 22.6 Å². The van der Waals surface area contributed by atoms with Crippen molar-refractivity contribution in [3.8, 4) is 0 Å². The van der Waals surface area contributed by atoms with E-state index >= 15 is 0 Å². The van der Waals surface area contributed by atoms with Gasteiger partial charge in [-0.05, 0) is 48.3 Å². The minimum Gasteiger partial charge on any atom is -0.465 e. The second kappa shape index (κ2) is 7.76. The second-order valence-corrected chi connectivity index (χ2v) is 8.25. The summed E-state index contributed by atoms with van der Waals surface area (Å²) >= 11 is 2.28. The molecule has 1 amide bonds. The van der Waals surface area contributed by atoms with Gasteiger partial charge in [-0.3, -0.25) is 0 Å². The zero-order valence-corrected chi connectivity index (χ0v) is 16.8. The topological polar surface area (TPSA) is 125 Å². The van der Waals surface area contributed by atoms with Crippen LogP contribution in [0.4, 0.5) is 10.6 Å². The zero-order chi connectivity index (χ0) is 19.0. The summed E-state index contributed by atoms with van der Waals surface area (Å²) in [6, 6.07) is 0.0696. The molecule has 4 rings (SSSR count). The molecular weight excluding hydrogens is 465 g/mol. The number of ether oxygens (including phenoxy) is 2. The number of anilines is 1. The number of rotatable bonds is 3. The Balaban J connectivity index is 1.38. The molecule has 2 aliphatic rings. The van der Waals surface area contributed by atoms with Gasteiger partial charge in [-0.25, -0.2) is 14.8 Å². The van der Waals surface area contributed by atoms with Crippen LogP contribution in [0.5, 0.6) is 0 Å². The highest BCUT2D eigenvalue weighted by Crippen LogP contribution is 2.38. The largest absolute Gasteiger partial charge is 0.465 e. The lowest BCUT2D eigenvalue weighted by atomic mass is 9.85. The lowest BCUT2D eigenvalue weighted by Gasteiger charge is -2.37. The highest BCUT2D eigenvalue weighted by atomic mass is 127. The molecule has 0 unspecified atom stereocenters. The van der Waals surface area contributed by atoms with E-state index in [1.165, 1.54) is 6.33 Å². The van der Waals surface area contributed by atoms with Crippen LogP contribution in [0.1, 0.15) is 31.7 Å². The predicted molar refractivity (Wildman–Crippen MR) is 106 cm³/mol. The van der Waals surface area contributed by atoms with Gasteiger partial charge in [0, 0.05) is 21.7 Å². The Morgan fingerprint density at radius 3 is 2.63 bits per heavy atom. The third kappa shape index (κ3) is 3.83. The number of amides is 1. The molecule has 27 heavy (non-hydrogen) atoms. The number of hydrogen-bond donors (Lipinski definition) is 3. The van der Waals surface area contributed by atoms with Crippen molar-refractivity contribution in [1.29, 1.82) is 0 Å². The van der Waals surface area contributed by atoms with Gasteiger partial charge in [0.25, 0.3) is 0 Å². The average molecular weight is 487 g/mol. The molecule has 9 nitrogen and oxygen atoms in total. The lowest BCUT2D eigenvalue weighted by Crippen LogP contribution is -2.48. The Morgan fingerprint density at radius 2 is 1.96 bits per heavy atom. The molecule has 3 heterocycles. The lowest BCUT2D eigenvalue weighted by molar-refractivity contribution is -0.218. The van der Waals surface area contributed by atoms with Crippen molar-refractivity contribution in [1.82, 2.24) is 19.9 Å². The van der Waals surface area contributed by atoms with E-state index in [1.807, 2.05) is 0 Å². The summed E-state index contributed by atoms with van der Waals surface area (Å²) < 4.78 is 14.8. The van der Waals surface area contributed by atoms with Crippen LogP contribution in [0.15, 0.2) is 12.5 Å². The van der Waals surface area contributed by atoms with Crippen LogP contribution in [0, 0.1) is 9.49 Å². The van der Waals surface area contributed by atoms with Gasteiger partial charge < -0.3 is 30.2 Å². The minimum absolute atomic E-state index is 0.252. The Bertz CT molecular complexity index is 828. The fourth-order valence-electron chi connectivity index (χ4n) is 4.04. The number of nitrogens with zero attached hydrogens (tertiary/aromatic N) is 3. The fraction of sp³-hybridized carbons (Fsp3) is 0.588. The van der Waals surface area contributed by atoms with E-state index < -0.39 is 6.09 Å². The van der Waals surface area contributed by atoms with Crippen molar-refractivity contribution in [2.45, 2.75) is 44.1 Å². The molecule has 10 heteroatoms. The molecule has 1 aliphatic heterocycles. The standard InChI is InChI=1S/C17H22IN5O4/c18-12-5-23(15-13(12)14(19)20-8-21-15)11-3-1-9(2-4-11)16-26-6-10(7-27-16)22-17(24)25/h5,8-11,16,22H,1-4,6-7H2,(H,24,25)(H2,19,20,21)/t9-,10?,11-,16?. The number of carbonyl (C=O) groups is 1. The van der Waals surface area contributed by atoms with E-state index in [1.54, 1.807) is 0 Å². The number of halogens is 1. The zero-order valence-electron chi connectivity index (χ0n) is 14.7. The summed E-state index contributed by atoms with van der Waals surface area (Å²) in [5.41, 5.74) is 6.91. The van der Waals surface area contributed by atoms with E-state index in [0.29, 0.717) is 31.0 Å². The van der Waals surface area contributed by atoms with E-state index in [0.717, 1.165) is 40.3 Å². The quantitative estimate of drug-likeness (QED) is 0.568.